The zero-order valence-corrected chi connectivity index (χ0v) is 5.01. The molecule has 0 amide bonds. The van der Waals surface area contributed by atoms with Crippen LogP contribution < -0.4 is 0 Å². The highest BCUT2D eigenvalue weighted by Crippen LogP contribution is 1.84. The van der Waals surface area contributed by atoms with E-state index in [0.29, 0.717) is 0 Å². The molecule has 0 aliphatic heterocycles. The Morgan fingerprint density at radius 2 is 2.00 bits per heavy atom. The highest BCUT2D eigenvalue weighted by atomic mass is 79.9. The Morgan fingerprint density at radius 3 is 2.00 bits per heavy atom. The van der Waals surface area contributed by atoms with Crippen molar-refractivity contribution in [1.82, 2.24) is 0 Å². The van der Waals surface area contributed by atoms with Crippen LogP contribution in [0.1, 0.15) is 0 Å². The van der Waals surface area contributed by atoms with Gasteiger partial charge in [-0.3, -0.25) is 0 Å². The molecule has 0 atom stereocenters. The van der Waals surface area contributed by atoms with Crippen LogP contribution in [0.15, 0.2) is 4.99 Å². The van der Waals surface area contributed by atoms with E-state index < -0.39 is 0 Å². The first kappa shape index (κ1) is 4.70. The lowest BCUT2D eigenvalue weighted by Crippen LogP contribution is -1.10. The predicted molar refractivity (Wildman–Crippen MR) is 25.7 cm³/mol. The van der Waals surface area contributed by atoms with Crippen molar-refractivity contribution in [2.45, 2.75) is 0 Å². The second-order valence-electron chi connectivity index (χ2n) is 0.218. The highest BCUT2D eigenvalue weighted by Gasteiger charge is 1.41. The first-order valence-electron chi connectivity index (χ1n) is 0.696. The quantitative estimate of drug-likeness (QED) is 0.541. The summed E-state index contributed by atoms with van der Waals surface area (Å²) in [6.07, 6.45) is 0. The molecular formula is C2HBr2. The van der Waals surface area contributed by atoms with Crippen molar-refractivity contribution >= 4 is 31.9 Å². The summed E-state index contributed by atoms with van der Waals surface area (Å²) in [5.41, 5.74) is 0. The Hall–Kier alpha value is 0.700. The lowest BCUT2D eigenvalue weighted by atomic mass is 11.3. The molecule has 0 heterocycles. The number of hydrogen-bond acceptors (Lipinski definition) is 0. The third-order valence-electron chi connectivity index (χ3n) is 0.0412. The van der Waals surface area contributed by atoms with E-state index in [9.17, 15) is 0 Å². The largest absolute Gasteiger partial charge is 0.0582 e. The zero-order chi connectivity index (χ0) is 3.41. The Kier molecular flexibility index (Phi) is 4.35. The van der Waals surface area contributed by atoms with Crippen molar-refractivity contribution in [2.75, 3.05) is 0 Å². The summed E-state index contributed by atoms with van der Waals surface area (Å²) in [7, 11) is 0. The molecule has 0 aliphatic carbocycles. The van der Waals surface area contributed by atoms with Crippen LogP contribution in [0.25, 0.3) is 0 Å². The normalized spacial score (nSPS) is 9.50. The topological polar surface area (TPSA) is 0 Å². The standard InChI is InChI=1S/C2HBr2/c3-1-2-4/h1H. The van der Waals surface area contributed by atoms with E-state index in [2.05, 4.69) is 36.8 Å². The molecule has 0 fully saturated rings. The van der Waals surface area contributed by atoms with Crippen molar-refractivity contribution in [3.63, 3.8) is 0 Å². The molecule has 1 radical (unpaired) electrons. The van der Waals surface area contributed by atoms with E-state index in [1.807, 2.05) is 0 Å². The van der Waals surface area contributed by atoms with Gasteiger partial charge in [-0.15, -0.1) is 0 Å². The number of hydrogen-bond donors (Lipinski definition) is 0. The summed E-state index contributed by atoms with van der Waals surface area (Å²) in [5.74, 6) is 0. The number of halogens is 2. The minimum atomic E-state index is 1.60. The van der Waals surface area contributed by atoms with Crippen LogP contribution in [-0.2, 0) is 0 Å². The molecule has 0 aliphatic rings. The minimum absolute atomic E-state index is 1.60. The third kappa shape index (κ3) is 2.70. The Balaban J connectivity index is 2.55. The molecule has 23 valence electrons. The van der Waals surface area contributed by atoms with Gasteiger partial charge < -0.3 is 0 Å². The van der Waals surface area contributed by atoms with Crippen molar-refractivity contribution < 1.29 is 0 Å². The second-order valence-corrected chi connectivity index (χ2v) is 1.13. The Bertz CT molecular complexity index is 19.2. The molecule has 4 heavy (non-hydrogen) atoms. The zero-order valence-electron chi connectivity index (χ0n) is 1.83. The molecule has 0 rings (SSSR count). The third-order valence-corrected chi connectivity index (χ3v) is 1.11. The van der Waals surface area contributed by atoms with Gasteiger partial charge in [0.25, 0.3) is 0 Å². The van der Waals surface area contributed by atoms with E-state index in [-0.39, 0.29) is 0 Å². The van der Waals surface area contributed by atoms with Gasteiger partial charge in [0.15, 0.2) is 0 Å². The molecule has 0 aromatic carbocycles. The smallest absolute Gasteiger partial charge is 0.0391 e. The van der Waals surface area contributed by atoms with Gasteiger partial charge in [-0.05, 0) is 20.9 Å². The molecule has 0 saturated carbocycles. The van der Waals surface area contributed by atoms with Crippen LogP contribution in [0, 0.1) is 4.99 Å². The maximum absolute atomic E-state index is 2.97. The molecular weight excluding hydrogens is 184 g/mol. The molecule has 2 heteroatoms. The Labute approximate surface area is 42.1 Å². The van der Waals surface area contributed by atoms with Crippen molar-refractivity contribution in [3.8, 4) is 0 Å². The molecule has 0 bridgehead atoms. The van der Waals surface area contributed by atoms with Gasteiger partial charge >= 0.3 is 0 Å². The van der Waals surface area contributed by atoms with Gasteiger partial charge in [-0.2, -0.15) is 0 Å². The summed E-state index contributed by atoms with van der Waals surface area (Å²) >= 11 is 5.86. The van der Waals surface area contributed by atoms with Gasteiger partial charge in [0, 0.05) is 4.99 Å². The van der Waals surface area contributed by atoms with Gasteiger partial charge in [0.1, 0.15) is 0 Å². The van der Waals surface area contributed by atoms with Gasteiger partial charge in [0.2, 0.25) is 0 Å². The highest BCUT2D eigenvalue weighted by molar-refractivity contribution is 9.13. The summed E-state index contributed by atoms with van der Waals surface area (Å²) in [6, 6.07) is 0. The SMILES string of the molecule is Br[C]=CBr. The molecule has 0 nitrogen and oxygen atoms in total. The van der Waals surface area contributed by atoms with Crippen molar-refractivity contribution in [1.29, 1.82) is 0 Å². The lowest BCUT2D eigenvalue weighted by molar-refractivity contribution is 2.50. The van der Waals surface area contributed by atoms with Crippen molar-refractivity contribution in [3.05, 3.63) is 9.97 Å². The van der Waals surface area contributed by atoms with E-state index in [1.54, 1.807) is 4.99 Å². The van der Waals surface area contributed by atoms with Crippen molar-refractivity contribution in [2.24, 2.45) is 0 Å². The molecule has 0 saturated heterocycles. The van der Waals surface area contributed by atoms with Crippen LogP contribution >= 0.6 is 31.9 Å². The van der Waals surface area contributed by atoms with Crippen LogP contribution in [0.4, 0.5) is 0 Å². The lowest BCUT2D eigenvalue weighted by Gasteiger charge is -1.42. The molecule has 0 aromatic rings. The summed E-state index contributed by atoms with van der Waals surface area (Å²) in [5, 5.41) is 0. The van der Waals surface area contributed by atoms with Gasteiger partial charge in [-0.25, -0.2) is 0 Å². The molecule has 0 spiro atoms. The van der Waals surface area contributed by atoms with Crippen LogP contribution in [0.5, 0.6) is 0 Å². The molecule has 0 N–H and O–H groups in total. The monoisotopic (exact) mass is 183 g/mol. The summed E-state index contributed by atoms with van der Waals surface area (Å²) in [4.78, 5) is 4.14. The maximum atomic E-state index is 2.97. The average molecular weight is 185 g/mol. The molecule has 0 aromatic heterocycles. The average Bonchev–Trinajstić information content (AvgIpc) is 1.37. The van der Waals surface area contributed by atoms with Gasteiger partial charge in [-0.1, -0.05) is 15.9 Å². The first-order valence-corrected chi connectivity index (χ1v) is 2.40. The summed E-state index contributed by atoms with van der Waals surface area (Å²) in [6.45, 7) is 0. The van der Waals surface area contributed by atoms with Crippen LogP contribution in [0.2, 0.25) is 0 Å². The fourth-order valence-corrected chi connectivity index (χ4v) is 0. The summed E-state index contributed by atoms with van der Waals surface area (Å²) < 4.78 is 0. The van der Waals surface area contributed by atoms with Gasteiger partial charge in [0.05, 0.1) is 0 Å². The first-order chi connectivity index (χ1) is 1.91. The van der Waals surface area contributed by atoms with E-state index >= 15 is 0 Å². The van der Waals surface area contributed by atoms with E-state index in [0.717, 1.165) is 0 Å². The molecule has 0 unspecified atom stereocenters. The Morgan fingerprint density at radius 1 is 1.75 bits per heavy atom. The minimum Gasteiger partial charge on any atom is -0.0582 e. The fraction of sp³-hybridized carbons (Fsp3) is 0. The van der Waals surface area contributed by atoms with E-state index in [4.69, 9.17) is 0 Å². The van der Waals surface area contributed by atoms with Crippen LogP contribution in [-0.4, -0.2) is 0 Å². The maximum Gasteiger partial charge on any atom is 0.0391 e. The second kappa shape index (κ2) is 3.70. The predicted octanol–water partition coefficient (Wildman–Crippen LogP) is 2.05. The fourth-order valence-electron chi connectivity index (χ4n) is 0. The van der Waals surface area contributed by atoms with Crippen LogP contribution in [0.3, 0.4) is 0 Å². The van der Waals surface area contributed by atoms with E-state index in [1.165, 1.54) is 0 Å². The number of rotatable bonds is 0.